The Labute approximate surface area is 142 Å². The second kappa shape index (κ2) is 5.90. The van der Waals surface area contributed by atoms with Crippen molar-refractivity contribution >= 4 is 28.3 Å². The molecule has 0 unspecified atom stereocenters. The van der Waals surface area contributed by atoms with E-state index < -0.39 is 5.76 Å². The lowest BCUT2D eigenvalue weighted by Gasteiger charge is -2.32. The van der Waals surface area contributed by atoms with Gasteiger partial charge in [-0.3, -0.25) is 9.36 Å². The molecule has 0 aliphatic carbocycles. The number of rotatable bonds is 2. The third-order valence-corrected chi connectivity index (χ3v) is 5.49. The lowest BCUT2D eigenvalue weighted by molar-refractivity contribution is 0.0707. The van der Waals surface area contributed by atoms with Crippen molar-refractivity contribution < 1.29 is 9.21 Å². The van der Waals surface area contributed by atoms with Crippen LogP contribution >= 0.6 is 11.3 Å². The lowest BCUT2D eigenvalue weighted by atomic mass is 9.98. The third-order valence-electron chi connectivity index (χ3n) is 4.55. The first-order valence-corrected chi connectivity index (χ1v) is 8.79. The number of carbonyl (C=O) groups excluding carboxylic acids is 1. The van der Waals surface area contributed by atoms with E-state index >= 15 is 0 Å². The minimum Gasteiger partial charge on any atom is -0.408 e. The average Bonchev–Trinajstić information content (AvgIpc) is 3.24. The first-order valence-electron chi connectivity index (χ1n) is 7.92. The molecule has 1 atom stereocenters. The number of nitrogens with zero attached hydrogens (tertiary/aromatic N) is 3. The number of oxazole rings is 1. The first kappa shape index (κ1) is 15.1. The van der Waals surface area contributed by atoms with Crippen molar-refractivity contribution in [2.45, 2.75) is 18.8 Å². The molecule has 0 bridgehead atoms. The van der Waals surface area contributed by atoms with Crippen LogP contribution in [0, 0.1) is 0 Å². The molecular weight excluding hydrogens is 326 g/mol. The summed E-state index contributed by atoms with van der Waals surface area (Å²) in [4.78, 5) is 30.7. The van der Waals surface area contributed by atoms with Crippen molar-refractivity contribution in [1.82, 2.24) is 14.5 Å². The molecule has 1 amide bonds. The van der Waals surface area contributed by atoms with Crippen molar-refractivity contribution in [3.8, 4) is 0 Å². The fraction of sp³-hybridized carbons (Fsp3) is 0.353. The predicted octanol–water partition coefficient (Wildman–Crippen LogP) is 2.61. The molecule has 124 valence electrons. The Balaban J connectivity index is 1.61. The lowest BCUT2D eigenvalue weighted by Crippen LogP contribution is -2.39. The second-order valence-electron chi connectivity index (χ2n) is 6.07. The van der Waals surface area contributed by atoms with Crippen molar-refractivity contribution in [2.24, 2.45) is 7.05 Å². The molecule has 7 heteroatoms. The number of hydrogen-bond acceptors (Lipinski definition) is 5. The summed E-state index contributed by atoms with van der Waals surface area (Å²) >= 11 is 1.65. The topological polar surface area (TPSA) is 68.3 Å². The van der Waals surface area contributed by atoms with Crippen LogP contribution in [0.5, 0.6) is 0 Å². The molecule has 1 aliphatic heterocycles. The van der Waals surface area contributed by atoms with Gasteiger partial charge in [0.25, 0.3) is 5.91 Å². The summed E-state index contributed by atoms with van der Waals surface area (Å²) in [6.45, 7) is 1.44. The molecule has 4 rings (SSSR count). The number of benzene rings is 1. The number of piperidine rings is 1. The molecule has 0 radical (unpaired) electrons. The molecule has 0 spiro atoms. The van der Waals surface area contributed by atoms with E-state index in [-0.39, 0.29) is 5.91 Å². The van der Waals surface area contributed by atoms with E-state index in [1.807, 2.05) is 16.5 Å². The van der Waals surface area contributed by atoms with Crippen LogP contribution in [-0.4, -0.2) is 33.4 Å². The summed E-state index contributed by atoms with van der Waals surface area (Å²) in [6.07, 6.45) is 3.85. The zero-order chi connectivity index (χ0) is 16.7. The molecule has 6 nitrogen and oxygen atoms in total. The average molecular weight is 343 g/mol. The summed E-state index contributed by atoms with van der Waals surface area (Å²) in [6, 6.07) is 5.14. The molecular formula is C17H17N3O3S. The molecule has 1 saturated heterocycles. The summed E-state index contributed by atoms with van der Waals surface area (Å²) in [5.74, 6) is -0.118. The van der Waals surface area contributed by atoms with Crippen LogP contribution < -0.4 is 5.76 Å². The van der Waals surface area contributed by atoms with E-state index in [1.165, 1.54) is 4.57 Å². The van der Waals surface area contributed by atoms with Crippen LogP contribution in [-0.2, 0) is 7.05 Å². The number of aromatic nitrogens is 2. The number of amides is 1. The Bertz CT molecular complexity index is 942. The fourth-order valence-corrected chi connectivity index (χ4v) is 4.01. The van der Waals surface area contributed by atoms with Gasteiger partial charge in [0.1, 0.15) is 0 Å². The van der Waals surface area contributed by atoms with Gasteiger partial charge in [0.2, 0.25) is 0 Å². The molecule has 1 aliphatic rings. The van der Waals surface area contributed by atoms with E-state index in [4.69, 9.17) is 4.42 Å². The Hall–Kier alpha value is -2.41. The fourth-order valence-electron chi connectivity index (χ4n) is 3.24. The third kappa shape index (κ3) is 2.54. The normalized spacial score (nSPS) is 18.2. The van der Waals surface area contributed by atoms with E-state index in [0.717, 1.165) is 24.4 Å². The van der Waals surface area contributed by atoms with Gasteiger partial charge in [-0.2, -0.15) is 0 Å². The highest BCUT2D eigenvalue weighted by Gasteiger charge is 2.27. The van der Waals surface area contributed by atoms with Crippen LogP contribution in [0.4, 0.5) is 0 Å². The maximum Gasteiger partial charge on any atom is 0.419 e. The van der Waals surface area contributed by atoms with Gasteiger partial charge in [-0.15, -0.1) is 11.3 Å². The zero-order valence-corrected chi connectivity index (χ0v) is 14.1. The molecule has 0 saturated carbocycles. The maximum absolute atomic E-state index is 12.9. The molecule has 3 heterocycles. The highest BCUT2D eigenvalue weighted by Crippen LogP contribution is 2.29. The number of hydrogen-bond donors (Lipinski definition) is 0. The zero-order valence-electron chi connectivity index (χ0n) is 13.3. The summed E-state index contributed by atoms with van der Waals surface area (Å²) < 4.78 is 6.54. The van der Waals surface area contributed by atoms with Crippen LogP contribution in [0.1, 0.15) is 34.1 Å². The van der Waals surface area contributed by atoms with Crippen molar-refractivity contribution in [3.05, 3.63) is 50.9 Å². The van der Waals surface area contributed by atoms with Crippen LogP contribution in [0.25, 0.3) is 11.1 Å². The van der Waals surface area contributed by atoms with Crippen LogP contribution in [0.15, 0.2) is 39.0 Å². The van der Waals surface area contributed by atoms with Gasteiger partial charge in [0, 0.05) is 43.2 Å². The van der Waals surface area contributed by atoms with Crippen molar-refractivity contribution in [1.29, 1.82) is 0 Å². The van der Waals surface area contributed by atoms with Gasteiger partial charge in [-0.1, -0.05) is 0 Å². The van der Waals surface area contributed by atoms with Crippen LogP contribution in [0.3, 0.4) is 0 Å². The van der Waals surface area contributed by atoms with Gasteiger partial charge in [0.15, 0.2) is 5.58 Å². The Morgan fingerprint density at radius 1 is 1.42 bits per heavy atom. The molecule has 1 fully saturated rings. The Morgan fingerprint density at radius 2 is 2.29 bits per heavy atom. The van der Waals surface area contributed by atoms with E-state index in [0.29, 0.717) is 29.1 Å². The second-order valence-corrected chi connectivity index (χ2v) is 7.00. The number of aryl methyl sites for hydroxylation is 1. The van der Waals surface area contributed by atoms with Crippen molar-refractivity contribution in [2.75, 3.05) is 13.1 Å². The van der Waals surface area contributed by atoms with E-state index in [9.17, 15) is 9.59 Å². The molecule has 24 heavy (non-hydrogen) atoms. The van der Waals surface area contributed by atoms with Gasteiger partial charge >= 0.3 is 5.76 Å². The summed E-state index contributed by atoms with van der Waals surface area (Å²) in [5.41, 5.74) is 1.72. The Kier molecular flexibility index (Phi) is 3.72. The molecule has 2 aromatic heterocycles. The molecule has 0 N–H and O–H groups in total. The van der Waals surface area contributed by atoms with Gasteiger partial charge in [-0.25, -0.2) is 9.78 Å². The monoisotopic (exact) mass is 343 g/mol. The Morgan fingerprint density at radius 3 is 3.08 bits per heavy atom. The number of likely N-dealkylation sites (tertiary alicyclic amines) is 1. The largest absolute Gasteiger partial charge is 0.419 e. The highest BCUT2D eigenvalue weighted by atomic mass is 32.1. The number of fused-ring (bicyclic) bond motifs is 1. The van der Waals surface area contributed by atoms with Gasteiger partial charge < -0.3 is 9.32 Å². The summed E-state index contributed by atoms with van der Waals surface area (Å²) in [5, 5.41) is 3.07. The van der Waals surface area contributed by atoms with Gasteiger partial charge in [0.05, 0.1) is 10.5 Å². The van der Waals surface area contributed by atoms with E-state index in [1.54, 1.807) is 36.6 Å². The SMILES string of the molecule is Cn1c(=O)oc2ccc(C(=O)N3CCC[C@H](c4nccs4)C3)cc21. The number of carbonyl (C=O) groups is 1. The van der Waals surface area contributed by atoms with E-state index in [2.05, 4.69) is 4.98 Å². The maximum atomic E-state index is 12.9. The minimum absolute atomic E-state index is 0.00759. The standard InChI is InChI=1S/C17H17N3O3S/c1-19-13-9-11(4-5-14(13)23-17(19)22)16(21)20-7-2-3-12(10-20)15-18-6-8-24-15/h4-6,8-9,12H,2-3,7,10H2,1H3/t12-/m0/s1. The highest BCUT2D eigenvalue weighted by molar-refractivity contribution is 7.09. The summed E-state index contributed by atoms with van der Waals surface area (Å²) in [7, 11) is 1.64. The predicted molar refractivity (Wildman–Crippen MR) is 91.4 cm³/mol. The molecule has 3 aromatic rings. The quantitative estimate of drug-likeness (QED) is 0.717. The minimum atomic E-state index is -0.420. The number of thiazole rings is 1. The van der Waals surface area contributed by atoms with Gasteiger partial charge in [-0.05, 0) is 31.0 Å². The first-order chi connectivity index (χ1) is 11.6. The van der Waals surface area contributed by atoms with Crippen LogP contribution in [0.2, 0.25) is 0 Å². The molecule has 1 aromatic carbocycles. The smallest absolute Gasteiger partial charge is 0.408 e. The van der Waals surface area contributed by atoms with Crippen molar-refractivity contribution in [3.63, 3.8) is 0 Å².